The number of hydrogen-bond donors (Lipinski definition) is 3. The number of ether oxygens (including phenoxy) is 2. The van der Waals surface area contributed by atoms with Crippen molar-refractivity contribution < 1.29 is 43.0 Å². The van der Waals surface area contributed by atoms with Gasteiger partial charge in [0.1, 0.15) is 11.2 Å². The van der Waals surface area contributed by atoms with Crippen LogP contribution in [-0.2, 0) is 40.5 Å². The second-order valence-corrected chi connectivity index (χ2v) is 13.8. The summed E-state index contributed by atoms with van der Waals surface area (Å²) in [5, 5.41) is 9.64. The van der Waals surface area contributed by atoms with Crippen LogP contribution in [0.25, 0.3) is 10.1 Å². The zero-order valence-electron chi connectivity index (χ0n) is 28.1. The fourth-order valence-corrected chi connectivity index (χ4v) is 5.27. The molecule has 3 aromatic rings. The fraction of sp³-hybridized carbons (Fsp3) is 0.469. The van der Waals surface area contributed by atoms with Crippen LogP contribution in [-0.4, -0.2) is 76.7 Å². The molecule has 14 nitrogen and oxygen atoms in total. The van der Waals surface area contributed by atoms with Crippen LogP contribution in [0.2, 0.25) is 0 Å². The molecule has 1 fully saturated rings. The Hall–Kier alpha value is -4.81. The summed E-state index contributed by atoms with van der Waals surface area (Å²) in [7, 11) is 3.78. The van der Waals surface area contributed by atoms with E-state index in [1.807, 2.05) is 102 Å². The van der Waals surface area contributed by atoms with Crippen molar-refractivity contribution >= 4 is 63.2 Å². The molecule has 1 saturated heterocycles. The molecular weight excluding hydrogens is 630 g/mol. The Morgan fingerprint density at radius 1 is 0.851 bits per heavy atom. The smallest absolute Gasteiger partial charge is 0.412 e. The minimum atomic E-state index is -0.538. The van der Waals surface area contributed by atoms with Crippen molar-refractivity contribution in [2.45, 2.75) is 78.2 Å². The van der Waals surface area contributed by atoms with Gasteiger partial charge in [0.25, 0.3) is 0 Å². The van der Waals surface area contributed by atoms with Gasteiger partial charge < -0.3 is 24.7 Å². The maximum Gasteiger partial charge on any atom is 0.412 e. The number of carbonyl (C=O) groups excluding carboxylic acids is 7. The van der Waals surface area contributed by atoms with Gasteiger partial charge >= 0.3 is 24.5 Å². The number of benzene rings is 1. The third-order valence-corrected chi connectivity index (χ3v) is 6.99. The summed E-state index contributed by atoms with van der Waals surface area (Å²) >= 11 is 1.74. The predicted molar refractivity (Wildman–Crippen MR) is 175 cm³/mol. The highest BCUT2D eigenvalue weighted by Gasteiger charge is 2.36. The van der Waals surface area contributed by atoms with Crippen LogP contribution in [0.4, 0.5) is 21.0 Å². The van der Waals surface area contributed by atoms with Gasteiger partial charge in [-0.2, -0.15) is 19.2 Å². The Morgan fingerprint density at radius 2 is 1.43 bits per heavy atom. The highest BCUT2D eigenvalue weighted by atomic mass is 32.1. The van der Waals surface area contributed by atoms with Crippen LogP contribution in [0.3, 0.4) is 0 Å². The monoisotopic (exact) mass is 673 g/mol. The quantitative estimate of drug-likeness (QED) is 0.343. The van der Waals surface area contributed by atoms with Crippen molar-refractivity contribution in [2.24, 2.45) is 7.05 Å². The topological polar surface area (TPSA) is 182 Å². The van der Waals surface area contributed by atoms with E-state index in [2.05, 4.69) is 28.9 Å². The second kappa shape index (κ2) is 18.4. The van der Waals surface area contributed by atoms with E-state index >= 15 is 0 Å². The van der Waals surface area contributed by atoms with E-state index < -0.39 is 23.4 Å². The second-order valence-electron chi connectivity index (χ2n) is 12.5. The molecule has 0 spiro atoms. The zero-order valence-corrected chi connectivity index (χ0v) is 28.9. The van der Waals surface area contributed by atoms with E-state index in [4.69, 9.17) is 28.7 Å². The van der Waals surface area contributed by atoms with E-state index in [0.29, 0.717) is 13.0 Å². The highest BCUT2D eigenvalue weighted by Crippen LogP contribution is 2.28. The average molecular weight is 674 g/mol. The fourth-order valence-electron chi connectivity index (χ4n) is 4.36. The van der Waals surface area contributed by atoms with Crippen molar-refractivity contribution in [3.63, 3.8) is 0 Å². The number of likely N-dealkylation sites (N-methyl/N-ethyl adjacent to an activating group) is 1. The normalized spacial score (nSPS) is 15.5. The molecule has 3 heterocycles. The summed E-state index contributed by atoms with van der Waals surface area (Å²) in [5.41, 5.74) is 0.534. The number of thiophene rings is 1. The number of nitrogens with zero attached hydrogens (tertiary/aromatic N) is 2. The van der Waals surface area contributed by atoms with Gasteiger partial charge in [-0.05, 0) is 97.7 Å². The summed E-state index contributed by atoms with van der Waals surface area (Å²) in [5.74, 6) is -0.0581. The number of likely N-dealkylation sites (tertiary alicyclic amines) is 1. The molecule has 3 N–H and O–H groups in total. The number of alkyl carbamates (subject to hydrolysis) is 1. The minimum absolute atomic E-state index is 0.0581. The lowest BCUT2D eigenvalue weighted by Crippen LogP contribution is -2.40. The van der Waals surface area contributed by atoms with E-state index in [0.717, 1.165) is 16.8 Å². The molecule has 15 heteroatoms. The Balaban J connectivity index is 0.000000462. The van der Waals surface area contributed by atoms with Crippen LogP contribution < -0.4 is 16.0 Å². The number of anilines is 2. The first kappa shape index (κ1) is 40.2. The number of rotatable bonds is 4. The number of hydrogen-bond acceptors (Lipinski definition) is 11. The molecule has 4 rings (SSSR count). The number of aryl methyl sites for hydroxylation is 2. The Labute approximate surface area is 277 Å². The molecule has 256 valence electrons. The lowest BCUT2D eigenvalue weighted by Gasteiger charge is -2.21. The number of amides is 3. The summed E-state index contributed by atoms with van der Waals surface area (Å²) < 4.78 is 13.5. The third kappa shape index (κ3) is 15.8. The lowest BCUT2D eigenvalue weighted by molar-refractivity contribution is -0.193. The lowest BCUT2D eigenvalue weighted by atomic mass is 10.1. The number of nitrogens with one attached hydrogen (secondary N) is 3. The van der Waals surface area contributed by atoms with E-state index in [1.54, 1.807) is 11.3 Å². The molecule has 0 aliphatic carbocycles. The van der Waals surface area contributed by atoms with Gasteiger partial charge in [0.15, 0.2) is 0 Å². The highest BCUT2D eigenvalue weighted by molar-refractivity contribution is 7.19. The molecule has 47 heavy (non-hydrogen) atoms. The Bertz CT molecular complexity index is 1540. The SMILES string of the molecule is Cc1cc2cc(NC(=O)C3CC(NC(=O)OC(C)(C)C)CN3C)ccc2s1.Cn1ccc(NC(=O)OC(C)(C)C)c1.O=C=O.O=C=O. The summed E-state index contributed by atoms with van der Waals surface area (Å²) in [6, 6.07) is 9.51. The van der Waals surface area contributed by atoms with Crippen LogP contribution in [0, 0.1) is 6.92 Å². The van der Waals surface area contributed by atoms with Crippen molar-refractivity contribution in [1.29, 1.82) is 0 Å². The average Bonchev–Trinajstić information content (AvgIpc) is 3.59. The van der Waals surface area contributed by atoms with Crippen LogP contribution in [0.1, 0.15) is 52.8 Å². The van der Waals surface area contributed by atoms with Crippen molar-refractivity contribution in [1.82, 2.24) is 14.8 Å². The summed E-state index contributed by atoms with van der Waals surface area (Å²) in [4.78, 5) is 71.7. The number of carbonyl (C=O) groups is 3. The van der Waals surface area contributed by atoms with Crippen molar-refractivity contribution in [3.8, 4) is 0 Å². The van der Waals surface area contributed by atoms with Crippen molar-refractivity contribution in [2.75, 3.05) is 24.2 Å². The molecule has 1 aliphatic heterocycles. The third-order valence-electron chi connectivity index (χ3n) is 5.96. The molecule has 2 aromatic heterocycles. The van der Waals surface area contributed by atoms with Crippen molar-refractivity contribution in [3.05, 3.63) is 47.6 Å². The molecule has 0 bridgehead atoms. The largest absolute Gasteiger partial charge is 0.444 e. The minimum Gasteiger partial charge on any atom is -0.444 e. The molecular formula is C32H43N5O9S. The van der Waals surface area contributed by atoms with Crippen LogP contribution in [0.15, 0.2) is 42.7 Å². The first-order valence-electron chi connectivity index (χ1n) is 14.4. The Morgan fingerprint density at radius 3 is 1.96 bits per heavy atom. The molecule has 2 atom stereocenters. The number of aromatic nitrogens is 1. The van der Waals surface area contributed by atoms with E-state index in [9.17, 15) is 14.4 Å². The first-order valence-corrected chi connectivity index (χ1v) is 15.2. The summed E-state index contributed by atoms with van der Waals surface area (Å²) in [6.07, 6.45) is 3.85. The van der Waals surface area contributed by atoms with Gasteiger partial charge in [-0.25, -0.2) is 9.59 Å². The molecule has 2 unspecified atom stereocenters. The van der Waals surface area contributed by atoms with Crippen LogP contribution >= 0.6 is 11.3 Å². The van der Waals surface area contributed by atoms with Gasteiger partial charge in [-0.3, -0.25) is 15.0 Å². The molecule has 0 saturated carbocycles. The van der Waals surface area contributed by atoms with Gasteiger partial charge in [0.05, 0.1) is 11.7 Å². The maximum atomic E-state index is 12.7. The van der Waals surface area contributed by atoms with E-state index in [1.165, 1.54) is 9.58 Å². The van der Waals surface area contributed by atoms with Gasteiger partial charge in [0, 0.05) is 47.3 Å². The zero-order chi connectivity index (χ0) is 35.9. The van der Waals surface area contributed by atoms with Gasteiger partial charge in [0.2, 0.25) is 5.91 Å². The molecule has 1 aromatic carbocycles. The maximum absolute atomic E-state index is 12.7. The first-order chi connectivity index (χ1) is 21.8. The van der Waals surface area contributed by atoms with Gasteiger partial charge in [-0.1, -0.05) is 0 Å². The predicted octanol–water partition coefficient (Wildman–Crippen LogP) is 4.95. The van der Waals surface area contributed by atoms with Gasteiger partial charge in [-0.15, -0.1) is 11.3 Å². The Kier molecular flexibility index (Phi) is 15.7. The standard InChI is InChI=1S/C20H27N3O3S.C10H16N2O2.2CO2/c1-12-8-13-9-14(6-7-17(13)27-12)21-18(24)16-10-15(11-23(16)5)22-19(25)26-20(2,3)4;1-10(2,3)14-9(13)11-8-5-6-12(4)7-8;2*2-1-3/h6-9,15-16H,10-11H2,1-5H3,(H,21,24)(H,22,25);5-7H,1-4H3,(H,11,13);;. The summed E-state index contributed by atoms with van der Waals surface area (Å²) in [6.45, 7) is 13.7. The molecule has 1 aliphatic rings. The van der Waals surface area contributed by atoms with E-state index in [-0.39, 0.29) is 30.3 Å². The van der Waals surface area contributed by atoms with Crippen LogP contribution in [0.5, 0.6) is 0 Å². The molecule has 0 radical (unpaired) electrons. The number of fused-ring (bicyclic) bond motifs is 1. The molecule has 3 amide bonds.